The van der Waals surface area contributed by atoms with E-state index in [-0.39, 0.29) is 11.3 Å². The zero-order chi connectivity index (χ0) is 21.3. The van der Waals surface area contributed by atoms with Gasteiger partial charge in [-0.1, -0.05) is 17.7 Å². The summed E-state index contributed by atoms with van der Waals surface area (Å²) in [6, 6.07) is 14.7. The van der Waals surface area contributed by atoms with Crippen molar-refractivity contribution in [2.45, 2.75) is 0 Å². The van der Waals surface area contributed by atoms with E-state index in [0.717, 1.165) is 16.3 Å². The molecule has 0 atom stereocenters. The monoisotopic (exact) mass is 421 g/mol. The molecule has 0 unspecified atom stereocenters. The van der Waals surface area contributed by atoms with Gasteiger partial charge in [0.2, 0.25) is 0 Å². The predicted molar refractivity (Wildman–Crippen MR) is 113 cm³/mol. The number of imide groups is 2. The van der Waals surface area contributed by atoms with Crippen LogP contribution in [-0.2, 0) is 9.59 Å². The van der Waals surface area contributed by atoms with Gasteiger partial charge in [0.25, 0.3) is 11.8 Å². The molecule has 3 aromatic rings. The lowest BCUT2D eigenvalue weighted by molar-refractivity contribution is -0.122. The first kappa shape index (κ1) is 19.5. The predicted octanol–water partition coefficient (Wildman–Crippen LogP) is 3.81. The molecule has 0 aliphatic carbocycles. The van der Waals surface area contributed by atoms with Gasteiger partial charge in [-0.15, -0.1) is 0 Å². The number of carbonyl (C=O) groups is 3. The van der Waals surface area contributed by atoms with Crippen LogP contribution in [0.5, 0.6) is 5.75 Å². The molecule has 1 aromatic heterocycles. The molecule has 4 rings (SSSR count). The quantitative estimate of drug-likeness (QED) is 0.513. The normalized spacial score (nSPS) is 15.5. The SMILES string of the molecule is COc1ccc(-n2ccc(/C=C3/C(=O)NC(=O)N(c4cccc(Cl)c4)C3=O)c2)cc1. The van der Waals surface area contributed by atoms with Crippen LogP contribution in [-0.4, -0.2) is 29.5 Å². The number of hydrogen-bond donors (Lipinski definition) is 1. The fraction of sp³-hybridized carbons (Fsp3) is 0.0455. The molecule has 2 aromatic carbocycles. The second kappa shape index (κ2) is 7.88. The van der Waals surface area contributed by atoms with Crippen molar-refractivity contribution in [2.24, 2.45) is 0 Å². The topological polar surface area (TPSA) is 80.6 Å². The van der Waals surface area contributed by atoms with E-state index in [9.17, 15) is 14.4 Å². The number of aromatic nitrogens is 1. The summed E-state index contributed by atoms with van der Waals surface area (Å²) in [6.07, 6.45) is 5.02. The molecule has 2 heterocycles. The van der Waals surface area contributed by atoms with Gasteiger partial charge in [-0.2, -0.15) is 0 Å². The third kappa shape index (κ3) is 3.70. The number of rotatable bonds is 4. The zero-order valence-corrected chi connectivity index (χ0v) is 16.6. The molecule has 1 saturated heterocycles. The van der Waals surface area contributed by atoms with E-state index in [1.165, 1.54) is 12.1 Å². The van der Waals surface area contributed by atoms with Crippen LogP contribution in [0, 0.1) is 0 Å². The lowest BCUT2D eigenvalue weighted by Crippen LogP contribution is -2.54. The number of carbonyl (C=O) groups excluding carboxylic acids is 3. The van der Waals surface area contributed by atoms with Crippen LogP contribution in [0.3, 0.4) is 0 Å². The summed E-state index contributed by atoms with van der Waals surface area (Å²) >= 11 is 5.97. The van der Waals surface area contributed by atoms with Gasteiger partial charge < -0.3 is 9.30 Å². The van der Waals surface area contributed by atoms with Gasteiger partial charge in [0.05, 0.1) is 12.8 Å². The maximum Gasteiger partial charge on any atom is 0.335 e. The van der Waals surface area contributed by atoms with Crippen LogP contribution in [0.25, 0.3) is 11.8 Å². The van der Waals surface area contributed by atoms with E-state index in [4.69, 9.17) is 16.3 Å². The van der Waals surface area contributed by atoms with Crippen molar-refractivity contribution >= 4 is 41.2 Å². The molecular weight excluding hydrogens is 406 g/mol. The minimum absolute atomic E-state index is 0.151. The van der Waals surface area contributed by atoms with E-state index in [1.54, 1.807) is 43.8 Å². The number of hydrogen-bond acceptors (Lipinski definition) is 4. The molecule has 0 bridgehead atoms. The van der Waals surface area contributed by atoms with Gasteiger partial charge >= 0.3 is 6.03 Å². The van der Waals surface area contributed by atoms with E-state index in [1.807, 2.05) is 28.8 Å². The first-order valence-electron chi connectivity index (χ1n) is 8.96. The number of halogens is 1. The minimum atomic E-state index is -0.819. The highest BCUT2D eigenvalue weighted by Crippen LogP contribution is 2.25. The first-order valence-corrected chi connectivity index (χ1v) is 9.33. The Bertz CT molecular complexity index is 1180. The van der Waals surface area contributed by atoms with Gasteiger partial charge in [-0.05, 0) is 60.2 Å². The Kier molecular flexibility index (Phi) is 5.12. The average Bonchev–Trinajstić information content (AvgIpc) is 3.20. The highest BCUT2D eigenvalue weighted by atomic mass is 35.5. The zero-order valence-electron chi connectivity index (χ0n) is 15.8. The van der Waals surface area contributed by atoms with Crippen molar-refractivity contribution in [3.05, 3.63) is 83.2 Å². The maximum atomic E-state index is 12.9. The Morgan fingerprint density at radius 1 is 1.00 bits per heavy atom. The Hall–Kier alpha value is -3.84. The summed E-state index contributed by atoms with van der Waals surface area (Å²) in [7, 11) is 1.60. The van der Waals surface area contributed by atoms with Crippen molar-refractivity contribution in [1.29, 1.82) is 0 Å². The maximum absolute atomic E-state index is 12.9. The summed E-state index contributed by atoms with van der Waals surface area (Å²) in [4.78, 5) is 38.4. The number of benzene rings is 2. The number of barbiturate groups is 1. The Labute approximate surface area is 177 Å². The molecule has 1 aliphatic heterocycles. The number of nitrogens with one attached hydrogen (secondary N) is 1. The number of nitrogens with zero attached hydrogens (tertiary/aromatic N) is 2. The smallest absolute Gasteiger partial charge is 0.335 e. The molecule has 1 aliphatic rings. The molecule has 0 radical (unpaired) electrons. The molecule has 30 heavy (non-hydrogen) atoms. The molecule has 4 amide bonds. The summed E-state index contributed by atoms with van der Waals surface area (Å²) in [5, 5.41) is 2.56. The van der Waals surface area contributed by atoms with Crippen molar-refractivity contribution in [3.63, 3.8) is 0 Å². The van der Waals surface area contributed by atoms with Crippen LogP contribution in [0.15, 0.2) is 72.6 Å². The van der Waals surface area contributed by atoms with Crippen LogP contribution in [0.2, 0.25) is 5.02 Å². The van der Waals surface area contributed by atoms with Crippen LogP contribution < -0.4 is 15.0 Å². The van der Waals surface area contributed by atoms with Gasteiger partial charge in [0, 0.05) is 23.1 Å². The third-order valence-electron chi connectivity index (χ3n) is 4.57. The number of methoxy groups -OCH3 is 1. The Balaban J connectivity index is 1.65. The van der Waals surface area contributed by atoms with E-state index in [0.29, 0.717) is 10.6 Å². The van der Waals surface area contributed by atoms with Gasteiger partial charge in [-0.3, -0.25) is 14.9 Å². The molecular formula is C22H16ClN3O4. The number of anilines is 1. The minimum Gasteiger partial charge on any atom is -0.497 e. The summed E-state index contributed by atoms with van der Waals surface area (Å²) in [6.45, 7) is 0. The lowest BCUT2D eigenvalue weighted by atomic mass is 10.1. The Morgan fingerprint density at radius 3 is 2.47 bits per heavy atom. The highest BCUT2D eigenvalue weighted by Gasteiger charge is 2.36. The summed E-state index contributed by atoms with van der Waals surface area (Å²) < 4.78 is 7.00. The molecule has 1 N–H and O–H groups in total. The molecule has 7 nitrogen and oxygen atoms in total. The molecule has 0 saturated carbocycles. The van der Waals surface area contributed by atoms with Crippen molar-refractivity contribution < 1.29 is 19.1 Å². The number of urea groups is 1. The summed E-state index contributed by atoms with van der Waals surface area (Å²) in [5.41, 5.74) is 1.64. The third-order valence-corrected chi connectivity index (χ3v) is 4.80. The summed E-state index contributed by atoms with van der Waals surface area (Å²) in [5.74, 6) is -0.729. The van der Waals surface area contributed by atoms with Gasteiger partial charge in [-0.25, -0.2) is 9.69 Å². The fourth-order valence-electron chi connectivity index (χ4n) is 3.09. The van der Waals surface area contributed by atoms with Crippen LogP contribution in [0.4, 0.5) is 10.5 Å². The fourth-order valence-corrected chi connectivity index (χ4v) is 3.27. The highest BCUT2D eigenvalue weighted by molar-refractivity contribution is 6.39. The standard InChI is InChI=1S/C22H16ClN3O4/c1-30-18-7-5-16(6-8-18)25-10-9-14(13-25)11-19-20(27)24-22(29)26(21(19)28)17-4-2-3-15(23)12-17/h2-13H,1H3,(H,24,27,29)/b19-11-. The molecule has 150 valence electrons. The van der Waals surface area contributed by atoms with Crippen LogP contribution >= 0.6 is 11.6 Å². The van der Waals surface area contributed by atoms with E-state index < -0.39 is 17.8 Å². The second-order valence-electron chi connectivity index (χ2n) is 6.49. The number of amides is 4. The van der Waals surface area contributed by atoms with Crippen molar-refractivity contribution in [3.8, 4) is 11.4 Å². The van der Waals surface area contributed by atoms with E-state index >= 15 is 0 Å². The second-order valence-corrected chi connectivity index (χ2v) is 6.92. The largest absolute Gasteiger partial charge is 0.497 e. The molecule has 1 fully saturated rings. The van der Waals surface area contributed by atoms with Gasteiger partial charge in [0.15, 0.2) is 0 Å². The first-order chi connectivity index (χ1) is 14.5. The number of ether oxygens (including phenoxy) is 1. The Morgan fingerprint density at radius 2 is 1.77 bits per heavy atom. The average molecular weight is 422 g/mol. The molecule has 0 spiro atoms. The molecule has 8 heteroatoms. The van der Waals surface area contributed by atoms with E-state index in [2.05, 4.69) is 5.32 Å². The van der Waals surface area contributed by atoms with Crippen molar-refractivity contribution in [1.82, 2.24) is 9.88 Å². The van der Waals surface area contributed by atoms with Gasteiger partial charge in [0.1, 0.15) is 11.3 Å². The van der Waals surface area contributed by atoms with Crippen molar-refractivity contribution in [2.75, 3.05) is 12.0 Å². The van der Waals surface area contributed by atoms with Crippen LogP contribution in [0.1, 0.15) is 5.56 Å². The lowest BCUT2D eigenvalue weighted by Gasteiger charge is -2.26.